The van der Waals surface area contributed by atoms with E-state index in [-0.39, 0.29) is 32.8 Å². The number of pyridine rings is 2. The number of aryl methyl sites for hydroxylation is 4. The van der Waals surface area contributed by atoms with Crippen LogP contribution in [-0.4, -0.2) is 129 Å². The topological polar surface area (TPSA) is 225 Å². The fraction of sp³-hybridized carbons (Fsp3) is 0.308. The van der Waals surface area contributed by atoms with Gasteiger partial charge in [0.2, 0.25) is 0 Å². The molecule has 4 aromatic carbocycles. The molecule has 0 aliphatic carbocycles. The number of hydrogen-bond acceptors (Lipinski definition) is 11. The molecule has 364 valence electrons. The van der Waals surface area contributed by atoms with Gasteiger partial charge in [-0.1, -0.05) is 38.1 Å². The number of aromatic nitrogens is 4. The molecular weight excluding hydrogens is 913 g/mol. The van der Waals surface area contributed by atoms with E-state index in [0.717, 1.165) is 80.2 Å². The van der Waals surface area contributed by atoms with Gasteiger partial charge in [-0.05, 0) is 149 Å². The predicted octanol–water partition coefficient (Wildman–Crippen LogP) is 8.08. The molecule has 17 heteroatoms. The van der Waals surface area contributed by atoms with Crippen molar-refractivity contribution in [3.8, 4) is 22.3 Å². The van der Waals surface area contributed by atoms with Crippen LogP contribution in [0.1, 0.15) is 56.8 Å². The number of likely N-dealkylation sites (N-methyl/N-ethyl adjacent to an activating group) is 2. The molecule has 15 nitrogen and oxygen atoms in total. The lowest BCUT2D eigenvalue weighted by Gasteiger charge is -2.15. The Hall–Kier alpha value is -6.50. The number of carboxylic acids is 1. The lowest BCUT2D eigenvalue weighted by Crippen LogP contribution is -2.31. The van der Waals surface area contributed by atoms with Crippen LogP contribution in [0, 0.1) is 27.7 Å². The van der Waals surface area contributed by atoms with E-state index in [0.29, 0.717) is 40.0 Å². The molecule has 8 aromatic rings. The molecule has 0 spiro atoms. The first-order chi connectivity index (χ1) is 32.6. The van der Waals surface area contributed by atoms with Crippen molar-refractivity contribution in [2.45, 2.75) is 51.3 Å². The number of nitrogens with one attached hydrogen (secondary N) is 3. The Morgan fingerprint density at radius 3 is 1.48 bits per heavy atom. The van der Waals surface area contributed by atoms with Crippen LogP contribution in [-0.2, 0) is 19.7 Å². The Morgan fingerprint density at radius 2 is 1.09 bits per heavy atom. The van der Waals surface area contributed by atoms with Crippen molar-refractivity contribution in [3.05, 3.63) is 119 Å². The Kier molecular flexibility index (Phi) is 16.1. The number of rotatable bonds is 13. The van der Waals surface area contributed by atoms with Gasteiger partial charge in [-0.15, -0.1) is 0 Å². The predicted molar refractivity (Wildman–Crippen MR) is 278 cm³/mol. The fourth-order valence-corrected chi connectivity index (χ4v) is 9.95. The van der Waals surface area contributed by atoms with E-state index in [2.05, 4.69) is 36.2 Å². The standard InChI is InChI=1S/C26H30N4O3S.C22H20N2O4S.C4H12N2/c1-6-34(32,33)19-9-7-8-18(13-19)21-14-20(26(31)27-10-11-30(4)5)17(3)24-23(21)22-12-16(2)15-28-25(22)29-24;1-4-29(27,28)15-7-5-6-14(9-15)17-10-16(22(25)26)13(3)20-19(17)18-8-12(2)11-23-21(18)24-20;1-6(2)4-3-5/h7-9,12-15H,6,10-11H2,1-5H3,(H,27,31)(H,28,29);5-11H,4H2,1-3H3,(H,23,24)(H,25,26);3-5H2,1-2H3. The second-order valence-electron chi connectivity index (χ2n) is 17.6. The summed E-state index contributed by atoms with van der Waals surface area (Å²) in [5.41, 5.74) is 15.1. The minimum Gasteiger partial charge on any atom is -0.478 e. The minimum absolute atomic E-state index is 0.00363. The number of sulfone groups is 2. The van der Waals surface area contributed by atoms with Crippen molar-refractivity contribution >= 4 is 75.4 Å². The number of fused-ring (bicyclic) bond motifs is 6. The molecule has 8 rings (SSSR count). The number of carboxylic acid groups (broad SMARTS) is 1. The van der Waals surface area contributed by atoms with Crippen LogP contribution in [0.25, 0.3) is 66.1 Å². The fourth-order valence-electron chi connectivity index (χ4n) is 8.10. The molecule has 0 unspecified atom stereocenters. The van der Waals surface area contributed by atoms with Crippen LogP contribution in [0.2, 0.25) is 0 Å². The summed E-state index contributed by atoms with van der Waals surface area (Å²) < 4.78 is 49.9. The van der Waals surface area contributed by atoms with Crippen LogP contribution in [0.5, 0.6) is 0 Å². The van der Waals surface area contributed by atoms with Gasteiger partial charge < -0.3 is 35.9 Å². The molecule has 0 aliphatic heterocycles. The van der Waals surface area contributed by atoms with Crippen molar-refractivity contribution in [3.63, 3.8) is 0 Å². The van der Waals surface area contributed by atoms with Crippen LogP contribution < -0.4 is 11.1 Å². The normalized spacial score (nSPS) is 11.8. The molecule has 0 aliphatic rings. The lowest BCUT2D eigenvalue weighted by molar-refractivity contribution is 0.0696. The summed E-state index contributed by atoms with van der Waals surface area (Å²) in [5.74, 6) is -1.18. The lowest BCUT2D eigenvalue weighted by atomic mass is 9.93. The molecule has 1 amide bonds. The summed E-state index contributed by atoms with van der Waals surface area (Å²) in [6.07, 6.45) is 3.55. The van der Waals surface area contributed by atoms with Gasteiger partial charge >= 0.3 is 5.97 Å². The third-order valence-electron chi connectivity index (χ3n) is 11.9. The van der Waals surface area contributed by atoms with Crippen molar-refractivity contribution in [2.24, 2.45) is 5.73 Å². The minimum atomic E-state index is -3.39. The van der Waals surface area contributed by atoms with Crippen LogP contribution in [0.4, 0.5) is 0 Å². The first kappa shape index (κ1) is 51.9. The largest absolute Gasteiger partial charge is 0.478 e. The highest BCUT2D eigenvalue weighted by molar-refractivity contribution is 7.91. The average molecular weight is 975 g/mol. The maximum Gasteiger partial charge on any atom is 0.336 e. The van der Waals surface area contributed by atoms with E-state index in [1.807, 2.05) is 72.1 Å². The molecule has 4 heterocycles. The Bertz CT molecular complexity index is 3450. The molecule has 0 atom stereocenters. The Morgan fingerprint density at radius 1 is 0.652 bits per heavy atom. The number of aromatic carboxylic acids is 1. The summed E-state index contributed by atoms with van der Waals surface area (Å²) in [6, 6.07) is 21.1. The SMILES string of the molecule is CCS(=O)(=O)c1cccc(-c2cc(C(=O)NCCN(C)C)c(C)c3[nH]c4ncc(C)cc4c23)c1.CCS(=O)(=O)c1cccc(-c2cc(C(=O)O)c(C)c3[nH]c4ncc(C)cc4c23)c1.CN(C)CCN. The van der Waals surface area contributed by atoms with E-state index in [1.54, 1.807) is 81.7 Å². The molecule has 4 aromatic heterocycles. The maximum atomic E-state index is 13.2. The summed E-state index contributed by atoms with van der Waals surface area (Å²) in [6.45, 7) is 13.8. The number of aromatic amines is 2. The maximum absolute atomic E-state index is 13.2. The van der Waals surface area contributed by atoms with Crippen molar-refractivity contribution < 1.29 is 31.5 Å². The van der Waals surface area contributed by atoms with Gasteiger partial charge in [-0.25, -0.2) is 31.6 Å². The summed E-state index contributed by atoms with van der Waals surface area (Å²) in [5, 5.41) is 16.3. The van der Waals surface area contributed by atoms with Gasteiger partial charge in [0.15, 0.2) is 19.7 Å². The number of nitrogens with two attached hydrogens (primary N) is 1. The van der Waals surface area contributed by atoms with Gasteiger partial charge in [0, 0.05) is 65.7 Å². The molecule has 0 saturated heterocycles. The van der Waals surface area contributed by atoms with E-state index < -0.39 is 25.6 Å². The zero-order valence-electron chi connectivity index (χ0n) is 40.9. The third-order valence-corrected chi connectivity index (χ3v) is 15.4. The van der Waals surface area contributed by atoms with E-state index >= 15 is 0 Å². The van der Waals surface area contributed by atoms with Gasteiger partial charge in [-0.2, -0.15) is 0 Å². The monoisotopic (exact) mass is 974 g/mol. The molecule has 0 radical (unpaired) electrons. The molecule has 6 N–H and O–H groups in total. The number of hydrogen-bond donors (Lipinski definition) is 5. The summed E-state index contributed by atoms with van der Waals surface area (Å²) >= 11 is 0. The highest BCUT2D eigenvalue weighted by Crippen LogP contribution is 2.40. The number of nitrogens with zero attached hydrogens (tertiary/aromatic N) is 4. The average Bonchev–Trinajstić information content (AvgIpc) is 3.89. The quantitative estimate of drug-likeness (QED) is 0.0740. The van der Waals surface area contributed by atoms with E-state index in [9.17, 15) is 31.5 Å². The zero-order chi connectivity index (χ0) is 50.5. The van der Waals surface area contributed by atoms with Crippen molar-refractivity contribution in [1.82, 2.24) is 35.1 Å². The number of H-pyrrole nitrogens is 2. The van der Waals surface area contributed by atoms with Gasteiger partial charge in [0.1, 0.15) is 11.3 Å². The van der Waals surface area contributed by atoms with Gasteiger partial charge in [0.25, 0.3) is 5.91 Å². The number of benzene rings is 4. The second kappa shape index (κ2) is 21.4. The Balaban J connectivity index is 0.000000205. The molecule has 0 fully saturated rings. The molecule has 0 saturated carbocycles. The van der Waals surface area contributed by atoms with Gasteiger partial charge in [-0.3, -0.25) is 4.79 Å². The highest BCUT2D eigenvalue weighted by atomic mass is 32.2. The van der Waals surface area contributed by atoms with E-state index in [4.69, 9.17) is 5.73 Å². The van der Waals surface area contributed by atoms with Crippen molar-refractivity contribution in [2.75, 3.05) is 65.9 Å². The number of carbonyl (C=O) groups is 2. The highest BCUT2D eigenvalue weighted by Gasteiger charge is 2.23. The molecular formula is C52H62N8O7S2. The number of amides is 1. The van der Waals surface area contributed by atoms with Crippen molar-refractivity contribution in [1.29, 1.82) is 0 Å². The van der Waals surface area contributed by atoms with Gasteiger partial charge in [0.05, 0.1) is 37.9 Å². The summed E-state index contributed by atoms with van der Waals surface area (Å²) in [7, 11) is 1.16. The first-order valence-electron chi connectivity index (χ1n) is 22.6. The third kappa shape index (κ3) is 11.4. The first-order valence-corrected chi connectivity index (χ1v) is 25.9. The Labute approximate surface area is 404 Å². The smallest absolute Gasteiger partial charge is 0.336 e. The van der Waals surface area contributed by atoms with Crippen LogP contribution >= 0.6 is 0 Å². The summed E-state index contributed by atoms with van der Waals surface area (Å²) in [4.78, 5) is 45.2. The zero-order valence-corrected chi connectivity index (χ0v) is 42.5. The van der Waals surface area contributed by atoms with Crippen LogP contribution in [0.3, 0.4) is 0 Å². The molecule has 69 heavy (non-hydrogen) atoms. The second-order valence-corrected chi connectivity index (χ2v) is 22.1. The molecule has 0 bridgehead atoms. The number of carbonyl (C=O) groups excluding carboxylic acids is 1. The van der Waals surface area contributed by atoms with E-state index in [1.165, 1.54) is 0 Å². The van der Waals surface area contributed by atoms with Crippen LogP contribution in [0.15, 0.2) is 95.0 Å².